The fourth-order valence-electron chi connectivity index (χ4n) is 6.64. The highest BCUT2D eigenvalue weighted by atomic mass is 32.1. The number of hydrogen-bond donors (Lipinski definition) is 0. The Labute approximate surface area is 247 Å². The third-order valence-electron chi connectivity index (χ3n) is 8.56. The summed E-state index contributed by atoms with van der Waals surface area (Å²) in [6.45, 7) is 0. The Morgan fingerprint density at radius 3 is 1.93 bits per heavy atom. The molecule has 0 aliphatic heterocycles. The molecule has 1 heterocycles. The van der Waals surface area contributed by atoms with Crippen molar-refractivity contribution < 1.29 is 0 Å². The molecule has 0 N–H and O–H groups in total. The van der Waals surface area contributed by atoms with Crippen molar-refractivity contribution in [1.82, 2.24) is 0 Å². The Balaban J connectivity index is 1.34. The van der Waals surface area contributed by atoms with Gasteiger partial charge in [0.15, 0.2) is 0 Å². The van der Waals surface area contributed by atoms with Crippen LogP contribution >= 0.6 is 11.3 Å². The van der Waals surface area contributed by atoms with E-state index >= 15 is 0 Å². The highest BCUT2D eigenvalue weighted by molar-refractivity contribution is 7.25. The van der Waals surface area contributed by atoms with Gasteiger partial charge in [0.2, 0.25) is 0 Å². The summed E-state index contributed by atoms with van der Waals surface area (Å²) in [6, 6.07) is 55.6. The van der Waals surface area contributed by atoms with Gasteiger partial charge in [0.1, 0.15) is 0 Å². The summed E-state index contributed by atoms with van der Waals surface area (Å²) in [4.78, 5) is 2.42. The van der Waals surface area contributed by atoms with E-state index in [4.69, 9.17) is 0 Å². The van der Waals surface area contributed by atoms with Gasteiger partial charge in [-0.3, -0.25) is 0 Å². The molecule has 0 bridgehead atoms. The van der Waals surface area contributed by atoms with Crippen LogP contribution in [0.15, 0.2) is 152 Å². The van der Waals surface area contributed by atoms with Gasteiger partial charge in [0.05, 0.1) is 5.69 Å². The minimum absolute atomic E-state index is 1.14. The second kappa shape index (κ2) is 9.17. The second-order valence-electron chi connectivity index (χ2n) is 11.0. The molecule has 0 aliphatic carbocycles. The normalized spacial score (nSPS) is 11.8. The van der Waals surface area contributed by atoms with Gasteiger partial charge >= 0.3 is 0 Å². The van der Waals surface area contributed by atoms with Crippen LogP contribution in [0.5, 0.6) is 0 Å². The monoisotopic (exact) mass is 551 g/mol. The molecule has 1 nitrogen and oxygen atoms in total. The van der Waals surface area contributed by atoms with E-state index in [-0.39, 0.29) is 0 Å². The molecule has 196 valence electrons. The Morgan fingerprint density at radius 1 is 0.357 bits per heavy atom. The van der Waals surface area contributed by atoms with Gasteiger partial charge in [-0.15, -0.1) is 11.3 Å². The second-order valence-corrected chi connectivity index (χ2v) is 12.1. The van der Waals surface area contributed by atoms with Crippen LogP contribution in [0.2, 0.25) is 0 Å². The number of thiophene rings is 1. The molecule has 0 fully saturated rings. The van der Waals surface area contributed by atoms with E-state index in [1.807, 2.05) is 11.3 Å². The van der Waals surface area contributed by atoms with E-state index in [0.717, 1.165) is 11.4 Å². The molecule has 0 unspecified atom stereocenters. The van der Waals surface area contributed by atoms with E-state index in [9.17, 15) is 0 Å². The summed E-state index contributed by atoms with van der Waals surface area (Å²) in [6.07, 6.45) is 0. The highest BCUT2D eigenvalue weighted by Gasteiger charge is 2.18. The number of anilines is 3. The lowest BCUT2D eigenvalue weighted by atomic mass is 9.94. The first-order chi connectivity index (χ1) is 20.8. The minimum Gasteiger partial charge on any atom is -0.310 e. The van der Waals surface area contributed by atoms with Gasteiger partial charge in [0, 0.05) is 36.9 Å². The summed E-state index contributed by atoms with van der Waals surface area (Å²) < 4.78 is 2.67. The number of rotatable bonds is 3. The van der Waals surface area contributed by atoms with Gasteiger partial charge in [-0.25, -0.2) is 0 Å². The van der Waals surface area contributed by atoms with Crippen LogP contribution in [0.25, 0.3) is 63.3 Å². The predicted octanol–water partition coefficient (Wildman–Crippen LogP) is 12.1. The van der Waals surface area contributed by atoms with Gasteiger partial charge in [-0.05, 0) is 86.2 Å². The lowest BCUT2D eigenvalue weighted by Crippen LogP contribution is -2.10. The third kappa shape index (κ3) is 3.56. The molecule has 0 saturated carbocycles. The highest BCUT2D eigenvalue weighted by Crippen LogP contribution is 2.44. The smallest absolute Gasteiger partial charge is 0.0546 e. The average Bonchev–Trinajstić information content (AvgIpc) is 3.41. The molecule has 0 spiro atoms. The maximum atomic E-state index is 2.42. The summed E-state index contributed by atoms with van der Waals surface area (Å²) in [5, 5.41) is 12.8. The summed E-state index contributed by atoms with van der Waals surface area (Å²) >= 11 is 1.87. The van der Waals surface area contributed by atoms with E-state index in [2.05, 4.69) is 157 Å². The maximum Gasteiger partial charge on any atom is 0.0546 e. The number of benzene rings is 8. The number of nitrogens with zero attached hydrogens (tertiary/aromatic N) is 1. The quantitative estimate of drug-likeness (QED) is 0.197. The molecule has 0 amide bonds. The van der Waals surface area contributed by atoms with Crippen molar-refractivity contribution >= 4 is 91.7 Å². The third-order valence-corrected chi connectivity index (χ3v) is 9.69. The Hall–Kier alpha value is -5.18. The van der Waals surface area contributed by atoms with Crippen LogP contribution in [-0.4, -0.2) is 0 Å². The molecule has 0 radical (unpaired) electrons. The first-order valence-electron chi connectivity index (χ1n) is 14.4. The largest absolute Gasteiger partial charge is 0.310 e. The molecule has 2 heteroatoms. The lowest BCUT2D eigenvalue weighted by Gasteiger charge is -2.28. The molecule has 9 rings (SSSR count). The Kier molecular flexibility index (Phi) is 5.13. The number of para-hydroxylation sites is 1. The van der Waals surface area contributed by atoms with E-state index in [1.54, 1.807) is 0 Å². The predicted molar refractivity (Wildman–Crippen MR) is 184 cm³/mol. The average molecular weight is 552 g/mol. The van der Waals surface area contributed by atoms with E-state index < -0.39 is 0 Å². The van der Waals surface area contributed by atoms with Gasteiger partial charge < -0.3 is 4.90 Å². The minimum atomic E-state index is 1.14. The molecule has 1 aromatic heterocycles. The van der Waals surface area contributed by atoms with Crippen LogP contribution in [0.4, 0.5) is 17.1 Å². The number of fused-ring (bicyclic) bond motifs is 9. The number of hydrogen-bond acceptors (Lipinski definition) is 2. The molecule has 8 aromatic carbocycles. The van der Waals surface area contributed by atoms with Gasteiger partial charge in [0.25, 0.3) is 0 Å². The summed E-state index contributed by atoms with van der Waals surface area (Å²) in [7, 11) is 0. The molecular weight excluding hydrogens is 527 g/mol. The first-order valence-corrected chi connectivity index (χ1v) is 15.2. The van der Waals surface area contributed by atoms with Crippen molar-refractivity contribution in [2.24, 2.45) is 0 Å². The van der Waals surface area contributed by atoms with Crippen molar-refractivity contribution in [2.45, 2.75) is 0 Å². The molecule has 0 atom stereocenters. The van der Waals surface area contributed by atoms with Crippen LogP contribution < -0.4 is 4.90 Å². The summed E-state index contributed by atoms with van der Waals surface area (Å²) in [5.41, 5.74) is 3.48. The fraction of sp³-hybridized carbons (Fsp3) is 0. The van der Waals surface area contributed by atoms with Crippen molar-refractivity contribution in [2.75, 3.05) is 4.90 Å². The molecule has 9 aromatic rings. The zero-order chi connectivity index (χ0) is 27.6. The van der Waals surface area contributed by atoms with Crippen LogP contribution in [0.1, 0.15) is 0 Å². The zero-order valence-corrected chi connectivity index (χ0v) is 23.6. The SMILES string of the molecule is c1ccc(N(c2ccc3cc4sc5ccccc5c4cc3c2)c2cc3ccc4ccccc4c3c3ccccc23)cc1. The van der Waals surface area contributed by atoms with Crippen LogP contribution in [0.3, 0.4) is 0 Å². The molecule has 0 aliphatic rings. The van der Waals surface area contributed by atoms with Gasteiger partial charge in [-0.1, -0.05) is 103 Å². The van der Waals surface area contributed by atoms with Crippen molar-refractivity contribution in [3.63, 3.8) is 0 Å². The van der Waals surface area contributed by atoms with E-state index in [1.165, 1.54) is 68.9 Å². The maximum absolute atomic E-state index is 2.42. The molecule has 42 heavy (non-hydrogen) atoms. The zero-order valence-electron chi connectivity index (χ0n) is 22.8. The van der Waals surface area contributed by atoms with Gasteiger partial charge in [-0.2, -0.15) is 0 Å². The Bertz CT molecular complexity index is 2470. The topological polar surface area (TPSA) is 3.24 Å². The van der Waals surface area contributed by atoms with E-state index in [0.29, 0.717) is 0 Å². The van der Waals surface area contributed by atoms with Crippen molar-refractivity contribution in [3.8, 4) is 0 Å². The van der Waals surface area contributed by atoms with Crippen LogP contribution in [-0.2, 0) is 0 Å². The van der Waals surface area contributed by atoms with Crippen LogP contribution in [0, 0.1) is 0 Å². The molecule has 0 saturated heterocycles. The first kappa shape index (κ1) is 23.5. The van der Waals surface area contributed by atoms with Crippen molar-refractivity contribution in [1.29, 1.82) is 0 Å². The lowest BCUT2D eigenvalue weighted by molar-refractivity contribution is 1.31. The Morgan fingerprint density at radius 2 is 1.05 bits per heavy atom. The van der Waals surface area contributed by atoms with Crippen molar-refractivity contribution in [3.05, 3.63) is 152 Å². The standard InChI is InChI=1S/C40H25NS/c1-2-11-30(12-3-1)41(31-21-20-27-25-39-36(23-29(27)22-31)34-15-8-9-17-38(34)42-39)37-24-28-19-18-26-10-4-5-13-32(26)40(28)35-16-7-6-14-33(35)37/h1-25H. The fourth-order valence-corrected chi connectivity index (χ4v) is 7.78. The summed E-state index contributed by atoms with van der Waals surface area (Å²) in [5.74, 6) is 0. The molecular formula is C40H25NS.